The van der Waals surface area contributed by atoms with E-state index < -0.39 is 47.4 Å². The van der Waals surface area contributed by atoms with Crippen LogP contribution in [0.25, 0.3) is 33.4 Å². The molecule has 328 valence electrons. The van der Waals surface area contributed by atoms with Gasteiger partial charge in [0.2, 0.25) is 5.91 Å². The zero-order chi connectivity index (χ0) is 43.7. The van der Waals surface area contributed by atoms with Gasteiger partial charge in [-0.05, 0) is 81.2 Å². The number of hydrogen-bond donors (Lipinski definition) is 2. The normalized spacial score (nSPS) is 23.1. The van der Waals surface area contributed by atoms with Gasteiger partial charge in [-0.3, -0.25) is 29.2 Å². The smallest absolute Gasteiger partial charge is 0.324 e. The van der Waals surface area contributed by atoms with Crippen molar-refractivity contribution in [2.24, 2.45) is 17.3 Å². The van der Waals surface area contributed by atoms with Gasteiger partial charge in [0, 0.05) is 79.3 Å². The molecular weight excluding hydrogens is 795 g/mol. The molecule has 7 rings (SSSR count). The molecule has 0 radical (unpaired) electrons. The highest BCUT2D eigenvalue weighted by molar-refractivity contribution is 7.10. The number of pyridine rings is 1. The van der Waals surface area contributed by atoms with E-state index in [1.807, 2.05) is 39.1 Å². The maximum absolute atomic E-state index is 14.5. The maximum Gasteiger partial charge on any atom is 0.324 e. The lowest BCUT2D eigenvalue weighted by molar-refractivity contribution is -0.155. The van der Waals surface area contributed by atoms with E-state index in [-0.39, 0.29) is 36.9 Å². The van der Waals surface area contributed by atoms with Gasteiger partial charge in [0.25, 0.3) is 11.8 Å². The molecular formula is C46H61N7O7S. The Morgan fingerprint density at radius 2 is 1.95 bits per heavy atom. The number of thiazole rings is 1. The number of hydrogen-bond acceptors (Lipinski definition) is 11. The van der Waals surface area contributed by atoms with Gasteiger partial charge < -0.3 is 29.0 Å². The van der Waals surface area contributed by atoms with Crippen LogP contribution < -0.4 is 10.7 Å². The Bertz CT molecular complexity index is 2270. The Morgan fingerprint density at radius 3 is 2.66 bits per heavy atom. The third-order valence-corrected chi connectivity index (χ3v) is 13.3. The van der Waals surface area contributed by atoms with E-state index in [0.717, 1.165) is 51.1 Å². The molecule has 4 aromatic rings. The van der Waals surface area contributed by atoms with Crippen molar-refractivity contribution >= 4 is 45.9 Å². The predicted molar refractivity (Wildman–Crippen MR) is 234 cm³/mol. The number of nitrogens with one attached hydrogen (secondary N) is 2. The van der Waals surface area contributed by atoms with Gasteiger partial charge in [-0.25, -0.2) is 10.4 Å². The molecule has 14 nitrogen and oxygen atoms in total. The minimum Gasteiger partial charge on any atom is -0.464 e. The molecule has 6 atom stereocenters. The van der Waals surface area contributed by atoms with E-state index in [4.69, 9.17) is 24.2 Å². The van der Waals surface area contributed by atoms with Gasteiger partial charge in [0.1, 0.15) is 24.2 Å². The molecule has 3 aliphatic rings. The van der Waals surface area contributed by atoms with E-state index >= 15 is 0 Å². The first-order valence-corrected chi connectivity index (χ1v) is 22.5. The third kappa shape index (κ3) is 9.11. The number of likely N-dealkylation sites (N-methyl/N-ethyl adjacent to an activating group) is 1. The largest absolute Gasteiger partial charge is 0.464 e. The van der Waals surface area contributed by atoms with E-state index in [0.29, 0.717) is 44.0 Å². The second-order valence-electron chi connectivity index (χ2n) is 18.0. The number of fused-ring (bicyclic) bond motifs is 6. The number of aryl methyl sites for hydroxylation is 1. The summed E-state index contributed by atoms with van der Waals surface area (Å²) in [5.41, 5.74) is 9.37. The number of aromatic nitrogens is 3. The maximum atomic E-state index is 14.5. The van der Waals surface area contributed by atoms with Crippen LogP contribution in [0, 0.1) is 17.3 Å². The second kappa shape index (κ2) is 18.3. The summed E-state index contributed by atoms with van der Waals surface area (Å²) >= 11 is 1.42. The number of carbonyl (C=O) groups excluding carboxylic acids is 4. The topological polar surface area (TPSA) is 157 Å². The molecule has 1 aromatic carbocycles. The molecule has 3 amide bonds. The standard InChI is InChI=1S/C46H61N7O7S/c1-10-52-36-16-15-29-21-31(36)32(40(52)30-13-11-18-47-38(30)28(5)58-9)23-46(6,7)25-60-45(57)33-14-12-19-53(50-33)43(55)34(22-37-48-35(29)24-61-37)49-42(54)39(26(2)3)51(8)44(56)41-27(4)17-20-59-41/h11,13,15-16,18,21,24,26-28,33-34,39,41,50H,10,12,14,17,19-20,22-23,25H2,1-9H3,(H,49,54)/t27-,28-,33-,34-,39-,41+/m0/s1. The molecule has 0 saturated carbocycles. The fourth-order valence-corrected chi connectivity index (χ4v) is 9.95. The van der Waals surface area contributed by atoms with Gasteiger partial charge in [0.15, 0.2) is 0 Å². The Balaban J connectivity index is 1.30. The summed E-state index contributed by atoms with van der Waals surface area (Å²) in [7, 11) is 3.31. The Morgan fingerprint density at radius 1 is 1.16 bits per heavy atom. The zero-order valence-electron chi connectivity index (χ0n) is 36.9. The number of esters is 1. The number of ether oxygens (including phenoxy) is 3. The van der Waals surface area contributed by atoms with Crippen LogP contribution in [0.2, 0.25) is 0 Å². The van der Waals surface area contributed by atoms with Gasteiger partial charge in [-0.1, -0.05) is 40.7 Å². The number of rotatable bonds is 9. The Kier molecular flexibility index (Phi) is 13.3. The van der Waals surface area contributed by atoms with E-state index in [1.165, 1.54) is 21.2 Å². The monoisotopic (exact) mass is 855 g/mol. The number of carbonyl (C=O) groups is 4. The van der Waals surface area contributed by atoms with Crippen LogP contribution in [0.3, 0.4) is 0 Å². The van der Waals surface area contributed by atoms with Crippen LogP contribution in [-0.4, -0.2) is 106 Å². The van der Waals surface area contributed by atoms with Crippen molar-refractivity contribution in [3.05, 3.63) is 58.2 Å². The average molecular weight is 856 g/mol. The van der Waals surface area contributed by atoms with Crippen molar-refractivity contribution in [2.75, 3.05) is 33.9 Å². The molecule has 2 fully saturated rings. The van der Waals surface area contributed by atoms with Crippen LogP contribution in [0.4, 0.5) is 0 Å². The van der Waals surface area contributed by atoms with E-state index in [1.54, 1.807) is 20.4 Å². The average Bonchev–Trinajstić information content (AvgIpc) is 3.98. The Hall–Kier alpha value is -4.70. The molecule has 15 heteroatoms. The van der Waals surface area contributed by atoms with Crippen molar-refractivity contribution in [1.29, 1.82) is 0 Å². The first-order chi connectivity index (χ1) is 29.1. The fraction of sp³-hybridized carbons (Fsp3) is 0.565. The van der Waals surface area contributed by atoms with Crippen molar-refractivity contribution < 1.29 is 33.4 Å². The fourth-order valence-electron chi connectivity index (χ4n) is 9.10. The number of cyclic esters (lactones) is 1. The molecule has 3 aliphatic heterocycles. The lowest BCUT2D eigenvalue weighted by Crippen LogP contribution is -2.62. The highest BCUT2D eigenvalue weighted by atomic mass is 32.1. The molecule has 6 heterocycles. The van der Waals surface area contributed by atoms with E-state index in [9.17, 15) is 19.2 Å². The van der Waals surface area contributed by atoms with Crippen LogP contribution in [0.1, 0.15) is 90.1 Å². The minimum atomic E-state index is -1.05. The van der Waals surface area contributed by atoms with Crippen molar-refractivity contribution in [3.8, 4) is 22.5 Å². The first-order valence-electron chi connectivity index (χ1n) is 21.6. The van der Waals surface area contributed by atoms with Gasteiger partial charge in [-0.2, -0.15) is 0 Å². The first kappa shape index (κ1) is 44.4. The summed E-state index contributed by atoms with van der Waals surface area (Å²) in [6, 6.07) is 7.77. The quantitative estimate of drug-likeness (QED) is 0.188. The number of methoxy groups -OCH3 is 1. The lowest BCUT2D eigenvalue weighted by Gasteiger charge is -2.37. The molecule has 0 spiro atoms. The highest BCUT2D eigenvalue weighted by Gasteiger charge is 2.41. The number of benzene rings is 1. The van der Waals surface area contributed by atoms with Gasteiger partial charge in [-0.15, -0.1) is 11.3 Å². The van der Waals surface area contributed by atoms with Crippen LogP contribution in [0.5, 0.6) is 0 Å². The zero-order valence-corrected chi connectivity index (χ0v) is 37.8. The molecule has 2 saturated heterocycles. The highest BCUT2D eigenvalue weighted by Crippen LogP contribution is 2.42. The van der Waals surface area contributed by atoms with Crippen LogP contribution >= 0.6 is 11.3 Å². The lowest BCUT2D eigenvalue weighted by atomic mass is 9.84. The molecule has 3 aromatic heterocycles. The summed E-state index contributed by atoms with van der Waals surface area (Å²) in [5, 5.41) is 8.17. The minimum absolute atomic E-state index is 0.0313. The Labute approximate surface area is 362 Å². The molecule has 2 N–H and O–H groups in total. The van der Waals surface area contributed by atoms with Crippen molar-refractivity contribution in [3.63, 3.8) is 0 Å². The summed E-state index contributed by atoms with van der Waals surface area (Å²) in [6.07, 6.45) is 3.43. The molecule has 61 heavy (non-hydrogen) atoms. The second-order valence-corrected chi connectivity index (χ2v) is 18.9. The molecule has 0 unspecified atom stereocenters. The number of amides is 3. The van der Waals surface area contributed by atoms with Crippen molar-refractivity contribution in [2.45, 2.75) is 117 Å². The third-order valence-electron chi connectivity index (χ3n) is 12.5. The predicted octanol–water partition coefficient (Wildman–Crippen LogP) is 6.11. The molecule has 6 bridgehead atoms. The number of hydrazine groups is 1. The molecule has 0 aliphatic carbocycles. The summed E-state index contributed by atoms with van der Waals surface area (Å²) in [4.78, 5) is 67.6. The van der Waals surface area contributed by atoms with Gasteiger partial charge >= 0.3 is 5.97 Å². The number of nitrogens with zero attached hydrogens (tertiary/aromatic N) is 5. The summed E-state index contributed by atoms with van der Waals surface area (Å²) < 4.78 is 20.0. The SMILES string of the molecule is CCn1c(-c2cccnc2[C@H](C)OC)c2c3cc(ccc31)-c1csc(n1)C[C@H](NC(=O)[C@H](C(C)C)N(C)C(=O)[C@@H]1OCC[C@@H]1C)C(=O)N1CCC[C@H](N1)C(=O)OCC(C)(C)C2. The van der Waals surface area contributed by atoms with Crippen LogP contribution in [-0.2, 0) is 52.8 Å². The summed E-state index contributed by atoms with van der Waals surface area (Å²) in [5.74, 6) is -1.78. The van der Waals surface area contributed by atoms with Crippen molar-refractivity contribution in [1.82, 2.24) is 35.2 Å². The summed E-state index contributed by atoms with van der Waals surface area (Å²) in [6.45, 7) is 15.8. The van der Waals surface area contributed by atoms with Gasteiger partial charge in [0.05, 0.1) is 34.8 Å². The van der Waals surface area contributed by atoms with E-state index in [2.05, 4.69) is 60.3 Å². The van der Waals surface area contributed by atoms with Crippen LogP contribution in [0.15, 0.2) is 41.9 Å².